The van der Waals surface area contributed by atoms with Crippen molar-refractivity contribution in [3.8, 4) is 0 Å². The van der Waals surface area contributed by atoms with Crippen LogP contribution < -0.4 is 29.6 Å². The third-order valence-corrected chi connectivity index (χ3v) is 4.08. The molecule has 0 aromatic carbocycles. The Kier molecular flexibility index (Phi) is 17.7. The summed E-state index contributed by atoms with van der Waals surface area (Å²) in [5.41, 5.74) is 0. The zero-order valence-corrected chi connectivity index (χ0v) is 15.1. The molecule has 0 aliphatic carbocycles. The first-order chi connectivity index (χ1) is 8.49. The second-order valence-corrected chi connectivity index (χ2v) is 7.19. The minimum absolute atomic E-state index is 0. The van der Waals surface area contributed by atoms with E-state index in [1.54, 1.807) is 0 Å². The van der Waals surface area contributed by atoms with Crippen molar-refractivity contribution in [3.05, 3.63) is 0 Å². The van der Waals surface area contributed by atoms with E-state index >= 15 is 0 Å². The van der Waals surface area contributed by atoms with Crippen molar-refractivity contribution in [1.82, 2.24) is 0 Å². The summed E-state index contributed by atoms with van der Waals surface area (Å²) in [6.45, 7) is -0.227. The van der Waals surface area contributed by atoms with Crippen LogP contribution in [0.2, 0.25) is 0 Å². The first-order valence-corrected chi connectivity index (χ1v) is 9.07. The molecule has 0 unspecified atom stereocenters. The van der Waals surface area contributed by atoms with Crippen LogP contribution in [-0.4, -0.2) is 77.8 Å². The van der Waals surface area contributed by atoms with Crippen LogP contribution in [0.5, 0.6) is 0 Å². The normalized spacial score (nSPS) is 11.5. The van der Waals surface area contributed by atoms with E-state index in [1.165, 1.54) is 0 Å². The van der Waals surface area contributed by atoms with Gasteiger partial charge in [-0.15, -0.1) is 0 Å². The van der Waals surface area contributed by atoms with Crippen molar-refractivity contribution in [2.75, 3.05) is 37.1 Å². The summed E-state index contributed by atoms with van der Waals surface area (Å²) >= 11 is 0. The Bertz CT molecular complexity index is 393. The summed E-state index contributed by atoms with van der Waals surface area (Å²) in [6.07, 6.45) is 0. The molecule has 0 aliphatic heterocycles. The molecule has 0 atom stereocenters. The molecule has 10 nitrogen and oxygen atoms in total. The van der Waals surface area contributed by atoms with Crippen LogP contribution in [0.15, 0.2) is 0 Å². The molecule has 0 aliphatic rings. The summed E-state index contributed by atoms with van der Waals surface area (Å²) in [7, 11) is -9.82. The summed E-state index contributed by atoms with van der Waals surface area (Å²) in [4.78, 5) is 0. The third-order valence-electron chi connectivity index (χ3n) is 1.36. The van der Waals surface area contributed by atoms with E-state index in [9.17, 15) is 13.0 Å². The molecule has 0 heterocycles. The Balaban J connectivity index is -0.000000414. The molecule has 0 radical (unpaired) electrons. The predicted molar refractivity (Wildman–Crippen MR) is 64.1 cm³/mol. The van der Waals surface area contributed by atoms with E-state index in [2.05, 4.69) is 4.18 Å². The van der Waals surface area contributed by atoms with E-state index in [0.29, 0.717) is 17.3 Å². The summed E-state index contributed by atoms with van der Waals surface area (Å²) in [5.74, 6) is 1.34. The van der Waals surface area contributed by atoms with Crippen molar-refractivity contribution in [2.24, 2.45) is 0 Å². The quantitative estimate of drug-likeness (QED) is 0.162. The second kappa shape index (κ2) is 13.7. The van der Waals surface area contributed by atoms with E-state index in [1.807, 2.05) is 0 Å². The molecule has 14 heteroatoms. The van der Waals surface area contributed by atoms with Crippen molar-refractivity contribution < 1.29 is 74.4 Å². The molecular formula is C6H15NaO10S3. The van der Waals surface area contributed by atoms with Gasteiger partial charge in [0.1, 0.15) is 23.9 Å². The van der Waals surface area contributed by atoms with Gasteiger partial charge in [0, 0.05) is 0 Å². The van der Waals surface area contributed by atoms with Gasteiger partial charge in [-0.1, -0.05) is 0 Å². The van der Waals surface area contributed by atoms with E-state index in [-0.39, 0.29) is 60.3 Å². The summed E-state index contributed by atoms with van der Waals surface area (Å²) in [5, 5.41) is 17.3. The minimum atomic E-state index is -4.92. The fraction of sp³-hybridized carbons (Fsp3) is 1.00. The average Bonchev–Trinajstić information content (AvgIpc) is 2.13. The summed E-state index contributed by atoms with van der Waals surface area (Å²) < 4.78 is 67.0. The van der Waals surface area contributed by atoms with Crippen molar-refractivity contribution in [1.29, 1.82) is 0 Å². The smallest absolute Gasteiger partial charge is 0.726 e. The topological polar surface area (TPSA) is 184 Å². The van der Waals surface area contributed by atoms with Crippen molar-refractivity contribution in [3.63, 3.8) is 0 Å². The number of aliphatic hydroxyl groups is 2. The summed E-state index contributed by atoms with van der Waals surface area (Å²) in [6, 6.07) is 0. The molecule has 3 N–H and O–H groups in total. The van der Waals surface area contributed by atoms with Gasteiger partial charge in [0.25, 0.3) is 0 Å². The van der Waals surface area contributed by atoms with Gasteiger partial charge in [-0.05, 0) is 10.9 Å². The van der Waals surface area contributed by atoms with Crippen molar-refractivity contribution >= 4 is 31.7 Å². The number of rotatable bonds is 8. The van der Waals surface area contributed by atoms with Gasteiger partial charge in [-0.2, -0.15) is 0 Å². The Labute approximate surface area is 142 Å². The Morgan fingerprint density at radius 3 is 1.55 bits per heavy atom. The van der Waals surface area contributed by atoms with Gasteiger partial charge in [0.15, 0.2) is 0 Å². The van der Waals surface area contributed by atoms with Gasteiger partial charge in [-0.25, -0.2) is 16.8 Å². The van der Waals surface area contributed by atoms with Crippen LogP contribution in [0.25, 0.3) is 0 Å². The van der Waals surface area contributed by atoms with Gasteiger partial charge in [0.05, 0.1) is 13.2 Å². The zero-order valence-electron chi connectivity index (χ0n) is 10.7. The van der Waals surface area contributed by atoms with Crippen LogP contribution >= 0.6 is 0 Å². The van der Waals surface area contributed by atoms with Gasteiger partial charge < -0.3 is 19.3 Å². The molecule has 0 saturated heterocycles. The number of aliphatic hydroxyl groups excluding tert-OH is 2. The molecule has 0 bridgehead atoms. The molecule has 0 spiro atoms. The van der Waals surface area contributed by atoms with Crippen LogP contribution in [0, 0.1) is 0 Å². The average molecular weight is 366 g/mol. The van der Waals surface area contributed by atoms with Crippen molar-refractivity contribution in [2.45, 2.75) is 0 Å². The maximum absolute atomic E-state index is 10.1. The molecule has 0 rings (SSSR count). The monoisotopic (exact) mass is 366 g/mol. The molecule has 0 aromatic rings. The molecule has 0 amide bonds. The van der Waals surface area contributed by atoms with Gasteiger partial charge in [-0.3, -0.25) is 8.74 Å². The number of hydrogen-bond donors (Lipinski definition) is 3. The molecule has 0 aromatic heterocycles. The van der Waals surface area contributed by atoms with E-state index in [0.717, 1.165) is 0 Å². The first kappa shape index (κ1) is 25.9. The van der Waals surface area contributed by atoms with Crippen LogP contribution in [-0.2, 0) is 35.9 Å². The molecular weight excluding hydrogens is 351 g/mol. The number of hydrogen-bond acceptors (Lipinski definition) is 9. The third kappa shape index (κ3) is 31.4. The molecule has 20 heavy (non-hydrogen) atoms. The minimum Gasteiger partial charge on any atom is -0.726 e. The zero-order chi connectivity index (χ0) is 15.5. The predicted octanol–water partition coefficient (Wildman–Crippen LogP) is -5.93. The Morgan fingerprint density at radius 2 is 1.30 bits per heavy atom. The Morgan fingerprint density at radius 1 is 0.950 bits per heavy atom. The first-order valence-electron chi connectivity index (χ1n) is 4.64. The van der Waals surface area contributed by atoms with Crippen LogP contribution in [0.1, 0.15) is 0 Å². The largest absolute Gasteiger partial charge is 1.00 e. The SMILES string of the molecule is O=S(=O)([O-])O.O=S(=O)([O-])OCC[S+](CCO)CCO.[Na+]. The van der Waals surface area contributed by atoms with Crippen LogP contribution in [0.4, 0.5) is 0 Å². The van der Waals surface area contributed by atoms with Crippen LogP contribution in [0.3, 0.4) is 0 Å². The molecule has 0 fully saturated rings. The maximum atomic E-state index is 10.1. The van der Waals surface area contributed by atoms with E-state index in [4.69, 9.17) is 27.7 Å². The molecule has 118 valence electrons. The Hall–Kier alpha value is 1.01. The van der Waals surface area contributed by atoms with E-state index < -0.39 is 20.8 Å². The van der Waals surface area contributed by atoms with Gasteiger partial charge >= 0.3 is 29.6 Å². The molecule has 0 saturated carbocycles. The fourth-order valence-corrected chi connectivity index (χ4v) is 2.66. The second-order valence-electron chi connectivity index (χ2n) is 2.83. The fourth-order valence-electron chi connectivity index (χ4n) is 0.818. The maximum Gasteiger partial charge on any atom is 1.00 e. The van der Waals surface area contributed by atoms with Gasteiger partial charge in [0.2, 0.25) is 20.8 Å². The standard InChI is InChI=1S/C6H14O6S2.Na.H2O4S/c7-1-4-13(5-2-8)6-3-12-14(9,10)11;;1-5(2,3)4/h7-8H,1-6H2;;(H2,1,2,3,4)/q;+1;/p-1.